The van der Waals surface area contributed by atoms with Crippen molar-refractivity contribution in [3.8, 4) is 0 Å². The fourth-order valence-electron chi connectivity index (χ4n) is 2.49. The van der Waals surface area contributed by atoms with Crippen LogP contribution in [-0.2, 0) is 4.74 Å². The van der Waals surface area contributed by atoms with Gasteiger partial charge >= 0.3 is 5.97 Å². The van der Waals surface area contributed by atoms with Crippen molar-refractivity contribution in [1.82, 2.24) is 4.57 Å². The number of ether oxygens (including phenoxy) is 1. The Kier molecular flexibility index (Phi) is 3.83. The highest BCUT2D eigenvalue weighted by atomic mass is 16.6. The van der Waals surface area contributed by atoms with Crippen LogP contribution in [0.5, 0.6) is 0 Å². The first-order valence-electron chi connectivity index (χ1n) is 7.00. The van der Waals surface area contributed by atoms with E-state index in [-0.39, 0.29) is 16.8 Å². The summed E-state index contributed by atoms with van der Waals surface area (Å²) < 4.78 is 6.08. The van der Waals surface area contributed by atoms with E-state index in [4.69, 9.17) is 4.74 Å². The summed E-state index contributed by atoms with van der Waals surface area (Å²) in [6.07, 6.45) is 1.42. The number of methoxy groups -OCH3 is 1. The molecule has 0 atom stereocenters. The van der Waals surface area contributed by atoms with E-state index in [1.54, 1.807) is 24.3 Å². The van der Waals surface area contributed by atoms with Gasteiger partial charge in [-0.15, -0.1) is 0 Å². The average molecular weight is 324 g/mol. The molecule has 0 saturated carbocycles. The standard InChI is InChI=1S/C17H12N2O5/c1-24-17(21)14-10-18(15-5-3-2-4-13(14)15)16(20)11-6-8-12(9-7-11)19(22)23/h2-10H,1H3. The highest BCUT2D eigenvalue weighted by Gasteiger charge is 2.19. The van der Waals surface area contributed by atoms with Gasteiger partial charge in [0.15, 0.2) is 0 Å². The van der Waals surface area contributed by atoms with Crippen LogP contribution in [0, 0.1) is 10.1 Å². The van der Waals surface area contributed by atoms with Crippen LogP contribution in [0.4, 0.5) is 5.69 Å². The quantitative estimate of drug-likeness (QED) is 0.419. The molecular formula is C17H12N2O5. The molecule has 0 amide bonds. The van der Waals surface area contributed by atoms with Gasteiger partial charge in [0, 0.05) is 29.3 Å². The Hall–Kier alpha value is -3.48. The number of non-ortho nitro benzene ring substituents is 1. The van der Waals surface area contributed by atoms with Crippen LogP contribution in [0.2, 0.25) is 0 Å². The first-order chi connectivity index (χ1) is 11.5. The normalized spacial score (nSPS) is 10.5. The van der Waals surface area contributed by atoms with E-state index in [9.17, 15) is 19.7 Å². The summed E-state index contributed by atoms with van der Waals surface area (Å²) in [5.41, 5.74) is 1.02. The number of benzene rings is 2. The third-order valence-corrected chi connectivity index (χ3v) is 3.66. The number of rotatable bonds is 3. The number of aromatic nitrogens is 1. The minimum atomic E-state index is -0.540. The molecule has 7 heteroatoms. The molecule has 1 aromatic heterocycles. The summed E-state index contributed by atoms with van der Waals surface area (Å²) in [5.74, 6) is -0.933. The number of carbonyl (C=O) groups excluding carboxylic acids is 2. The number of para-hydroxylation sites is 1. The van der Waals surface area contributed by atoms with Crippen LogP contribution in [0.15, 0.2) is 54.7 Å². The van der Waals surface area contributed by atoms with E-state index in [0.29, 0.717) is 10.9 Å². The van der Waals surface area contributed by atoms with Crippen molar-refractivity contribution in [1.29, 1.82) is 0 Å². The van der Waals surface area contributed by atoms with Gasteiger partial charge in [-0.3, -0.25) is 19.5 Å². The zero-order chi connectivity index (χ0) is 17.3. The summed E-state index contributed by atoms with van der Waals surface area (Å²) in [4.78, 5) is 34.8. The Morgan fingerprint density at radius 1 is 1.08 bits per heavy atom. The maximum absolute atomic E-state index is 12.7. The summed E-state index contributed by atoms with van der Waals surface area (Å²) >= 11 is 0. The molecule has 0 aliphatic heterocycles. The second-order valence-corrected chi connectivity index (χ2v) is 5.03. The van der Waals surface area contributed by atoms with Crippen LogP contribution in [0.1, 0.15) is 20.7 Å². The van der Waals surface area contributed by atoms with Crippen molar-refractivity contribution >= 4 is 28.5 Å². The fourth-order valence-corrected chi connectivity index (χ4v) is 2.49. The van der Waals surface area contributed by atoms with Gasteiger partial charge in [-0.1, -0.05) is 18.2 Å². The minimum Gasteiger partial charge on any atom is -0.465 e. The van der Waals surface area contributed by atoms with Crippen molar-refractivity contribution in [2.75, 3.05) is 7.11 Å². The lowest BCUT2D eigenvalue weighted by Crippen LogP contribution is -2.11. The van der Waals surface area contributed by atoms with Gasteiger partial charge in [-0.2, -0.15) is 0 Å². The number of fused-ring (bicyclic) bond motifs is 1. The molecule has 0 spiro atoms. The molecule has 3 aromatic rings. The monoisotopic (exact) mass is 324 g/mol. The third-order valence-electron chi connectivity index (χ3n) is 3.66. The number of hydrogen-bond acceptors (Lipinski definition) is 5. The Morgan fingerprint density at radius 3 is 2.38 bits per heavy atom. The van der Waals surface area contributed by atoms with Crippen molar-refractivity contribution in [3.63, 3.8) is 0 Å². The predicted octanol–water partition coefficient (Wildman–Crippen LogP) is 3.02. The minimum absolute atomic E-state index is 0.0980. The SMILES string of the molecule is COC(=O)c1cn(C(=O)c2ccc([N+](=O)[O-])cc2)c2ccccc12. The molecule has 0 aliphatic rings. The molecule has 0 bridgehead atoms. The molecule has 0 N–H and O–H groups in total. The molecule has 0 saturated heterocycles. The second kappa shape index (κ2) is 5.96. The van der Waals surface area contributed by atoms with Crippen LogP contribution in [0.25, 0.3) is 10.9 Å². The van der Waals surface area contributed by atoms with Gasteiger partial charge in [0.05, 0.1) is 23.1 Å². The Balaban J connectivity index is 2.10. The maximum Gasteiger partial charge on any atom is 0.340 e. The van der Waals surface area contributed by atoms with Crippen LogP contribution in [0.3, 0.4) is 0 Å². The highest BCUT2D eigenvalue weighted by molar-refractivity contribution is 6.09. The highest BCUT2D eigenvalue weighted by Crippen LogP contribution is 2.23. The molecule has 120 valence electrons. The van der Waals surface area contributed by atoms with E-state index in [0.717, 1.165) is 0 Å². The molecular weight excluding hydrogens is 312 g/mol. The number of carbonyl (C=O) groups is 2. The summed E-state index contributed by atoms with van der Waals surface area (Å²) in [6.45, 7) is 0. The van der Waals surface area contributed by atoms with Gasteiger partial charge in [0.1, 0.15) is 0 Å². The molecule has 2 aromatic carbocycles. The van der Waals surface area contributed by atoms with Crippen molar-refractivity contribution in [2.24, 2.45) is 0 Å². The van der Waals surface area contributed by atoms with Crippen molar-refractivity contribution in [2.45, 2.75) is 0 Å². The van der Waals surface area contributed by atoms with Gasteiger partial charge in [0.2, 0.25) is 0 Å². The lowest BCUT2D eigenvalue weighted by Gasteiger charge is -2.03. The Bertz CT molecular complexity index is 957. The molecule has 24 heavy (non-hydrogen) atoms. The number of nitro groups is 1. The topological polar surface area (TPSA) is 91.4 Å². The lowest BCUT2D eigenvalue weighted by molar-refractivity contribution is -0.384. The maximum atomic E-state index is 12.7. The van der Waals surface area contributed by atoms with Crippen LogP contribution in [-0.4, -0.2) is 28.5 Å². The van der Waals surface area contributed by atoms with Gasteiger partial charge in [0.25, 0.3) is 11.6 Å². The summed E-state index contributed by atoms with van der Waals surface area (Å²) in [5, 5.41) is 11.3. The second-order valence-electron chi connectivity index (χ2n) is 5.03. The van der Waals surface area contributed by atoms with E-state index in [2.05, 4.69) is 0 Å². The van der Waals surface area contributed by atoms with E-state index in [1.807, 2.05) is 0 Å². The first kappa shape index (κ1) is 15.4. The molecule has 0 fully saturated rings. The zero-order valence-corrected chi connectivity index (χ0v) is 12.6. The van der Waals surface area contributed by atoms with E-state index >= 15 is 0 Å². The predicted molar refractivity (Wildman–Crippen MR) is 86.1 cm³/mol. The molecule has 0 aliphatic carbocycles. The smallest absolute Gasteiger partial charge is 0.340 e. The average Bonchev–Trinajstić information content (AvgIpc) is 3.00. The third kappa shape index (κ3) is 2.52. The Labute approximate surface area is 136 Å². The van der Waals surface area contributed by atoms with Crippen LogP contribution >= 0.6 is 0 Å². The largest absolute Gasteiger partial charge is 0.465 e. The molecule has 3 rings (SSSR count). The van der Waals surface area contributed by atoms with E-state index in [1.165, 1.54) is 42.1 Å². The fraction of sp³-hybridized carbons (Fsp3) is 0.0588. The van der Waals surface area contributed by atoms with Gasteiger partial charge in [-0.25, -0.2) is 4.79 Å². The number of esters is 1. The summed E-state index contributed by atoms with van der Waals surface area (Å²) in [7, 11) is 1.27. The zero-order valence-electron chi connectivity index (χ0n) is 12.6. The van der Waals surface area contributed by atoms with Crippen LogP contribution < -0.4 is 0 Å². The van der Waals surface area contributed by atoms with Crippen molar-refractivity contribution in [3.05, 3.63) is 76.0 Å². The number of hydrogen-bond donors (Lipinski definition) is 0. The first-order valence-corrected chi connectivity index (χ1v) is 7.00. The number of nitrogens with zero attached hydrogens (tertiary/aromatic N) is 2. The van der Waals surface area contributed by atoms with Crippen molar-refractivity contribution < 1.29 is 19.2 Å². The summed E-state index contributed by atoms with van der Waals surface area (Å²) in [6, 6.07) is 12.2. The molecule has 0 radical (unpaired) electrons. The molecule has 7 nitrogen and oxygen atoms in total. The molecule has 0 unspecified atom stereocenters. The lowest BCUT2D eigenvalue weighted by atomic mass is 10.2. The van der Waals surface area contributed by atoms with Gasteiger partial charge < -0.3 is 4.74 Å². The number of nitro benzene ring substituents is 1. The van der Waals surface area contributed by atoms with Gasteiger partial charge in [-0.05, 0) is 18.2 Å². The Morgan fingerprint density at radius 2 is 1.75 bits per heavy atom. The molecule has 1 heterocycles. The van der Waals surface area contributed by atoms with E-state index < -0.39 is 16.8 Å².